The molecule has 1 aliphatic carbocycles. The fourth-order valence-electron chi connectivity index (χ4n) is 2.22. The summed E-state index contributed by atoms with van der Waals surface area (Å²) in [5.74, 6) is 0.157. The van der Waals surface area contributed by atoms with E-state index in [1.165, 1.54) is 19.2 Å². The highest BCUT2D eigenvalue weighted by molar-refractivity contribution is 5.48. The predicted octanol–water partition coefficient (Wildman–Crippen LogP) is 1.31. The van der Waals surface area contributed by atoms with E-state index in [4.69, 9.17) is 10.5 Å². The highest BCUT2D eigenvalue weighted by Gasteiger charge is 2.32. The van der Waals surface area contributed by atoms with Gasteiger partial charge in [-0.25, -0.2) is 4.39 Å². The first kappa shape index (κ1) is 10.4. The Hall–Kier alpha value is -1.13. The van der Waals surface area contributed by atoms with Gasteiger partial charge in [0.15, 0.2) is 0 Å². The van der Waals surface area contributed by atoms with Crippen molar-refractivity contribution < 1.29 is 14.2 Å². The van der Waals surface area contributed by atoms with Crippen LogP contribution in [-0.4, -0.2) is 18.8 Å². The topological polar surface area (TPSA) is 55.5 Å². The van der Waals surface area contributed by atoms with Gasteiger partial charge in [-0.05, 0) is 24.6 Å². The van der Waals surface area contributed by atoms with Crippen LogP contribution in [0.2, 0.25) is 0 Å². The summed E-state index contributed by atoms with van der Waals surface area (Å²) in [5, 5.41) is 9.75. The molecule has 0 saturated carbocycles. The second-order valence-corrected chi connectivity index (χ2v) is 3.80. The summed E-state index contributed by atoms with van der Waals surface area (Å²) in [7, 11) is 1.49. The van der Waals surface area contributed by atoms with Crippen molar-refractivity contribution in [2.75, 3.05) is 13.7 Å². The first-order valence-electron chi connectivity index (χ1n) is 4.92. The smallest absolute Gasteiger partial charge is 0.127 e. The zero-order chi connectivity index (χ0) is 11.0. The molecule has 3 nitrogen and oxygen atoms in total. The van der Waals surface area contributed by atoms with Crippen LogP contribution in [0.5, 0.6) is 5.75 Å². The van der Waals surface area contributed by atoms with Gasteiger partial charge >= 0.3 is 0 Å². The Kier molecular flexibility index (Phi) is 2.63. The van der Waals surface area contributed by atoms with Gasteiger partial charge in [0.1, 0.15) is 11.6 Å². The minimum Gasteiger partial charge on any atom is -0.496 e. The van der Waals surface area contributed by atoms with Crippen LogP contribution in [-0.2, 0) is 0 Å². The maximum Gasteiger partial charge on any atom is 0.127 e. The van der Waals surface area contributed by atoms with E-state index in [2.05, 4.69) is 0 Å². The van der Waals surface area contributed by atoms with E-state index in [9.17, 15) is 9.50 Å². The lowest BCUT2D eigenvalue weighted by Gasteiger charge is -2.12. The van der Waals surface area contributed by atoms with Gasteiger partial charge in [-0.1, -0.05) is 0 Å². The number of rotatable bonds is 2. The van der Waals surface area contributed by atoms with Crippen molar-refractivity contribution in [1.29, 1.82) is 0 Å². The molecule has 82 valence electrons. The van der Waals surface area contributed by atoms with Gasteiger partial charge in [-0.15, -0.1) is 0 Å². The fraction of sp³-hybridized carbons (Fsp3) is 0.455. The van der Waals surface area contributed by atoms with Crippen LogP contribution in [0.25, 0.3) is 0 Å². The molecule has 2 atom stereocenters. The van der Waals surface area contributed by atoms with Gasteiger partial charge in [0.05, 0.1) is 13.2 Å². The Morgan fingerprint density at radius 2 is 2.33 bits per heavy atom. The molecule has 1 aromatic rings. The zero-order valence-corrected chi connectivity index (χ0v) is 8.53. The van der Waals surface area contributed by atoms with Gasteiger partial charge in [0.25, 0.3) is 0 Å². The second kappa shape index (κ2) is 3.79. The maximum atomic E-state index is 13.2. The first-order valence-corrected chi connectivity index (χ1v) is 4.92. The Labute approximate surface area is 87.7 Å². The third-order valence-corrected chi connectivity index (χ3v) is 2.92. The summed E-state index contributed by atoms with van der Waals surface area (Å²) >= 11 is 0. The van der Waals surface area contributed by atoms with E-state index in [1.54, 1.807) is 0 Å². The van der Waals surface area contributed by atoms with Crippen LogP contribution >= 0.6 is 0 Å². The molecule has 2 unspecified atom stereocenters. The van der Waals surface area contributed by atoms with Gasteiger partial charge in [0, 0.05) is 17.5 Å². The summed E-state index contributed by atoms with van der Waals surface area (Å²) in [6.07, 6.45) is -0.0794. The minimum atomic E-state index is -0.627. The standard InChI is InChI=1S/C11H14FNO2/c1-15-10-4-7(12)3-8-9(14)2-6(5-13)11(8)10/h3-4,6,9,14H,2,5,13H2,1H3. The van der Waals surface area contributed by atoms with E-state index < -0.39 is 6.10 Å². The molecule has 0 aliphatic heterocycles. The molecule has 0 bridgehead atoms. The monoisotopic (exact) mass is 211 g/mol. The molecule has 0 radical (unpaired) electrons. The number of nitrogens with two attached hydrogens (primary N) is 1. The normalized spacial score (nSPS) is 24.0. The largest absolute Gasteiger partial charge is 0.496 e. The lowest BCUT2D eigenvalue weighted by molar-refractivity contribution is 0.173. The number of hydrogen-bond donors (Lipinski definition) is 2. The number of halogens is 1. The highest BCUT2D eigenvalue weighted by Crippen LogP contribution is 2.44. The van der Waals surface area contributed by atoms with Crippen LogP contribution in [0.1, 0.15) is 29.6 Å². The summed E-state index contributed by atoms with van der Waals surface area (Å²) in [5.41, 5.74) is 7.08. The van der Waals surface area contributed by atoms with E-state index >= 15 is 0 Å². The van der Waals surface area contributed by atoms with Crippen molar-refractivity contribution in [3.8, 4) is 5.75 Å². The molecule has 0 heterocycles. The summed E-state index contributed by atoms with van der Waals surface area (Å²) < 4.78 is 18.3. The number of hydrogen-bond acceptors (Lipinski definition) is 3. The molecule has 0 aromatic heterocycles. The second-order valence-electron chi connectivity index (χ2n) is 3.80. The number of benzene rings is 1. The Morgan fingerprint density at radius 3 is 2.93 bits per heavy atom. The van der Waals surface area contributed by atoms with Gasteiger partial charge in [0.2, 0.25) is 0 Å². The number of methoxy groups -OCH3 is 1. The van der Waals surface area contributed by atoms with Gasteiger partial charge in [-0.3, -0.25) is 0 Å². The minimum absolute atomic E-state index is 0.0607. The summed E-state index contributed by atoms with van der Waals surface area (Å²) in [6, 6.07) is 2.69. The molecular formula is C11H14FNO2. The fourth-order valence-corrected chi connectivity index (χ4v) is 2.22. The number of aliphatic hydroxyl groups is 1. The number of ether oxygens (including phenoxy) is 1. The van der Waals surface area contributed by atoms with Crippen molar-refractivity contribution in [3.63, 3.8) is 0 Å². The molecule has 2 rings (SSSR count). The van der Waals surface area contributed by atoms with E-state index in [-0.39, 0.29) is 11.7 Å². The molecule has 15 heavy (non-hydrogen) atoms. The lowest BCUT2D eigenvalue weighted by Crippen LogP contribution is -2.10. The summed E-state index contributed by atoms with van der Waals surface area (Å²) in [6.45, 7) is 0.437. The Bertz CT molecular complexity index is 381. The molecule has 0 spiro atoms. The van der Waals surface area contributed by atoms with Gasteiger partial charge in [-0.2, -0.15) is 0 Å². The first-order chi connectivity index (χ1) is 7.17. The molecular weight excluding hydrogens is 197 g/mol. The molecule has 4 heteroatoms. The van der Waals surface area contributed by atoms with Crippen LogP contribution < -0.4 is 10.5 Å². The summed E-state index contributed by atoms with van der Waals surface area (Å²) in [4.78, 5) is 0. The Balaban J connectivity index is 2.56. The quantitative estimate of drug-likeness (QED) is 0.775. The van der Waals surface area contributed by atoms with Gasteiger partial charge < -0.3 is 15.6 Å². The predicted molar refractivity (Wildman–Crippen MR) is 54.3 cm³/mol. The van der Waals surface area contributed by atoms with Crippen molar-refractivity contribution in [1.82, 2.24) is 0 Å². The van der Waals surface area contributed by atoms with Crippen LogP contribution in [0.3, 0.4) is 0 Å². The van der Waals surface area contributed by atoms with Crippen LogP contribution in [0.15, 0.2) is 12.1 Å². The highest BCUT2D eigenvalue weighted by atomic mass is 19.1. The van der Waals surface area contributed by atoms with Crippen LogP contribution in [0, 0.1) is 5.82 Å². The average molecular weight is 211 g/mol. The molecule has 0 saturated heterocycles. The molecule has 1 aliphatic rings. The average Bonchev–Trinajstić information content (AvgIpc) is 2.55. The number of aliphatic hydroxyl groups excluding tert-OH is 1. The number of fused-ring (bicyclic) bond motifs is 1. The lowest BCUT2D eigenvalue weighted by atomic mass is 10.0. The van der Waals surface area contributed by atoms with E-state index in [0.29, 0.717) is 24.3 Å². The van der Waals surface area contributed by atoms with E-state index in [1.807, 2.05) is 0 Å². The van der Waals surface area contributed by atoms with E-state index in [0.717, 1.165) is 5.56 Å². The molecule has 3 N–H and O–H groups in total. The van der Waals surface area contributed by atoms with Crippen LogP contribution in [0.4, 0.5) is 4.39 Å². The van der Waals surface area contributed by atoms with Crippen molar-refractivity contribution in [2.45, 2.75) is 18.4 Å². The molecule has 0 amide bonds. The molecule has 1 aromatic carbocycles. The van der Waals surface area contributed by atoms with Crippen molar-refractivity contribution in [3.05, 3.63) is 29.1 Å². The Morgan fingerprint density at radius 1 is 1.60 bits per heavy atom. The third kappa shape index (κ3) is 1.60. The van der Waals surface area contributed by atoms with Crippen molar-refractivity contribution in [2.24, 2.45) is 5.73 Å². The SMILES string of the molecule is COc1cc(F)cc2c1C(CN)CC2O. The zero-order valence-electron chi connectivity index (χ0n) is 8.53. The van der Waals surface area contributed by atoms with Crippen molar-refractivity contribution >= 4 is 0 Å². The third-order valence-electron chi connectivity index (χ3n) is 2.92. The molecule has 0 fully saturated rings. The maximum absolute atomic E-state index is 13.2.